The van der Waals surface area contributed by atoms with Gasteiger partial charge in [0, 0.05) is 10.9 Å². The smallest absolute Gasteiger partial charge is 0.122 e. The van der Waals surface area contributed by atoms with Crippen molar-refractivity contribution in [3.8, 4) is 11.5 Å². The van der Waals surface area contributed by atoms with Crippen molar-refractivity contribution < 1.29 is 9.47 Å². The number of alkyl halides is 1. The number of rotatable bonds is 4. The molecule has 0 saturated carbocycles. The zero-order chi connectivity index (χ0) is 14.0. The standard InChI is InChI=1S/C14H14Cl2O2S/c1-8-4-12(19-14(8)16)13(15)9-5-10(17-2)7-11(6-9)18-3/h4-7,13H,1-3H3. The highest BCUT2D eigenvalue weighted by atomic mass is 35.5. The summed E-state index contributed by atoms with van der Waals surface area (Å²) in [5.41, 5.74) is 1.97. The maximum atomic E-state index is 6.52. The Labute approximate surface area is 126 Å². The van der Waals surface area contributed by atoms with Gasteiger partial charge in [0.15, 0.2) is 0 Å². The van der Waals surface area contributed by atoms with Crippen molar-refractivity contribution in [2.45, 2.75) is 12.3 Å². The van der Waals surface area contributed by atoms with E-state index in [-0.39, 0.29) is 5.38 Å². The van der Waals surface area contributed by atoms with E-state index in [0.717, 1.165) is 31.8 Å². The Hall–Kier alpha value is -0.900. The van der Waals surface area contributed by atoms with Crippen LogP contribution in [0.2, 0.25) is 4.34 Å². The molecule has 2 nitrogen and oxygen atoms in total. The lowest BCUT2D eigenvalue weighted by atomic mass is 10.1. The van der Waals surface area contributed by atoms with Crippen LogP contribution in [0.15, 0.2) is 24.3 Å². The first-order valence-electron chi connectivity index (χ1n) is 5.68. The highest BCUT2D eigenvalue weighted by molar-refractivity contribution is 7.16. The summed E-state index contributed by atoms with van der Waals surface area (Å²) in [5.74, 6) is 1.44. The van der Waals surface area contributed by atoms with Crippen LogP contribution in [0, 0.1) is 6.92 Å². The summed E-state index contributed by atoms with van der Waals surface area (Å²) in [6, 6.07) is 7.64. The lowest BCUT2D eigenvalue weighted by Crippen LogP contribution is -1.94. The number of halogens is 2. The van der Waals surface area contributed by atoms with E-state index in [4.69, 9.17) is 32.7 Å². The Kier molecular flexibility index (Phi) is 4.61. The molecule has 0 saturated heterocycles. The summed E-state index contributed by atoms with van der Waals surface area (Å²) in [7, 11) is 3.24. The van der Waals surface area contributed by atoms with Crippen molar-refractivity contribution in [2.75, 3.05) is 14.2 Å². The first kappa shape index (κ1) is 14.5. The van der Waals surface area contributed by atoms with Gasteiger partial charge in [0.1, 0.15) is 11.5 Å². The van der Waals surface area contributed by atoms with Gasteiger partial charge in [0.2, 0.25) is 0 Å². The molecule has 1 atom stereocenters. The van der Waals surface area contributed by atoms with Gasteiger partial charge < -0.3 is 9.47 Å². The van der Waals surface area contributed by atoms with Crippen LogP contribution >= 0.6 is 34.5 Å². The maximum absolute atomic E-state index is 6.52. The van der Waals surface area contributed by atoms with Crippen LogP contribution in [0.5, 0.6) is 11.5 Å². The molecule has 0 amide bonds. The van der Waals surface area contributed by atoms with Crippen molar-refractivity contribution in [3.63, 3.8) is 0 Å². The number of thiophene rings is 1. The number of aryl methyl sites for hydroxylation is 1. The third kappa shape index (κ3) is 3.16. The van der Waals surface area contributed by atoms with Crippen LogP contribution in [0.4, 0.5) is 0 Å². The number of methoxy groups -OCH3 is 2. The SMILES string of the molecule is COc1cc(OC)cc(C(Cl)c2cc(C)c(Cl)s2)c1. The van der Waals surface area contributed by atoms with Gasteiger partial charge >= 0.3 is 0 Å². The van der Waals surface area contributed by atoms with Gasteiger partial charge in [-0.15, -0.1) is 22.9 Å². The minimum absolute atomic E-state index is 0.264. The van der Waals surface area contributed by atoms with E-state index in [1.807, 2.05) is 31.2 Å². The van der Waals surface area contributed by atoms with Crippen molar-refractivity contribution in [2.24, 2.45) is 0 Å². The molecule has 0 bridgehead atoms. The fourth-order valence-corrected chi connectivity index (χ4v) is 3.30. The molecule has 2 aromatic rings. The zero-order valence-electron chi connectivity index (χ0n) is 10.9. The van der Waals surface area contributed by atoms with Crippen LogP contribution in [0.1, 0.15) is 21.4 Å². The van der Waals surface area contributed by atoms with Crippen LogP contribution in [-0.2, 0) is 0 Å². The third-order valence-electron chi connectivity index (χ3n) is 2.79. The number of hydrogen-bond acceptors (Lipinski definition) is 3. The molecule has 5 heteroatoms. The van der Waals surface area contributed by atoms with Crippen LogP contribution in [0.3, 0.4) is 0 Å². The lowest BCUT2D eigenvalue weighted by Gasteiger charge is -2.12. The Morgan fingerprint density at radius 1 is 1.05 bits per heavy atom. The highest BCUT2D eigenvalue weighted by Gasteiger charge is 2.17. The molecule has 1 heterocycles. The second kappa shape index (κ2) is 6.04. The summed E-state index contributed by atoms with van der Waals surface area (Å²) in [4.78, 5) is 1.01. The van der Waals surface area contributed by atoms with Gasteiger partial charge in [-0.25, -0.2) is 0 Å². The first-order valence-corrected chi connectivity index (χ1v) is 7.31. The number of benzene rings is 1. The zero-order valence-corrected chi connectivity index (χ0v) is 13.2. The first-order chi connectivity index (χ1) is 9.05. The summed E-state index contributed by atoms with van der Waals surface area (Å²) < 4.78 is 11.3. The van der Waals surface area contributed by atoms with Gasteiger partial charge in [0.25, 0.3) is 0 Å². The van der Waals surface area contributed by atoms with Crippen molar-refractivity contribution >= 4 is 34.5 Å². The quantitative estimate of drug-likeness (QED) is 0.734. The van der Waals surface area contributed by atoms with E-state index < -0.39 is 0 Å². The summed E-state index contributed by atoms with van der Waals surface area (Å²) in [5, 5.41) is -0.264. The minimum atomic E-state index is -0.264. The van der Waals surface area contributed by atoms with Gasteiger partial charge in [0.05, 0.1) is 23.9 Å². The normalized spacial score (nSPS) is 12.3. The molecule has 1 aromatic heterocycles. The van der Waals surface area contributed by atoms with Crippen molar-refractivity contribution in [1.82, 2.24) is 0 Å². The fraction of sp³-hybridized carbons (Fsp3) is 0.286. The highest BCUT2D eigenvalue weighted by Crippen LogP contribution is 2.39. The second-order valence-corrected chi connectivity index (χ2v) is 6.24. The molecule has 2 rings (SSSR count). The second-order valence-electron chi connectivity index (χ2n) is 4.11. The molecule has 19 heavy (non-hydrogen) atoms. The summed E-state index contributed by atoms with van der Waals surface area (Å²) in [6.45, 7) is 1.97. The molecular weight excluding hydrogens is 303 g/mol. The molecule has 1 unspecified atom stereocenters. The largest absolute Gasteiger partial charge is 0.497 e. The Balaban J connectivity index is 2.39. The summed E-state index contributed by atoms with van der Waals surface area (Å²) >= 11 is 14.1. The predicted molar refractivity (Wildman–Crippen MR) is 81.3 cm³/mol. The van der Waals surface area contributed by atoms with E-state index in [0.29, 0.717) is 0 Å². The average Bonchev–Trinajstić information content (AvgIpc) is 2.77. The molecule has 0 radical (unpaired) electrons. The van der Waals surface area contributed by atoms with Crippen molar-refractivity contribution in [1.29, 1.82) is 0 Å². The van der Waals surface area contributed by atoms with Crippen LogP contribution in [0.25, 0.3) is 0 Å². The topological polar surface area (TPSA) is 18.5 Å². The fourth-order valence-electron chi connectivity index (χ4n) is 1.75. The monoisotopic (exact) mass is 316 g/mol. The van der Waals surface area contributed by atoms with E-state index in [2.05, 4.69) is 0 Å². The van der Waals surface area contributed by atoms with Crippen LogP contribution in [-0.4, -0.2) is 14.2 Å². The van der Waals surface area contributed by atoms with E-state index >= 15 is 0 Å². The molecular formula is C14H14Cl2O2S. The van der Waals surface area contributed by atoms with Gasteiger partial charge in [-0.2, -0.15) is 0 Å². The van der Waals surface area contributed by atoms with Gasteiger partial charge in [-0.1, -0.05) is 11.6 Å². The Bertz CT molecular complexity index is 539. The Morgan fingerprint density at radius 2 is 1.63 bits per heavy atom. The third-order valence-corrected chi connectivity index (χ3v) is 5.03. The Morgan fingerprint density at radius 3 is 2.05 bits per heavy atom. The van der Waals surface area contributed by atoms with Crippen LogP contribution < -0.4 is 9.47 Å². The minimum Gasteiger partial charge on any atom is -0.497 e. The molecule has 0 aliphatic carbocycles. The molecule has 0 aliphatic rings. The molecule has 0 N–H and O–H groups in total. The van der Waals surface area contributed by atoms with E-state index in [1.54, 1.807) is 14.2 Å². The molecule has 0 fully saturated rings. The summed E-state index contributed by atoms with van der Waals surface area (Å²) in [6.07, 6.45) is 0. The number of ether oxygens (including phenoxy) is 2. The molecule has 1 aromatic carbocycles. The lowest BCUT2D eigenvalue weighted by molar-refractivity contribution is 0.393. The van der Waals surface area contributed by atoms with Crippen molar-refractivity contribution in [3.05, 3.63) is 44.6 Å². The maximum Gasteiger partial charge on any atom is 0.122 e. The van der Waals surface area contributed by atoms with E-state index in [9.17, 15) is 0 Å². The average molecular weight is 317 g/mol. The molecule has 0 aliphatic heterocycles. The number of hydrogen-bond donors (Lipinski definition) is 0. The molecule has 102 valence electrons. The molecule has 0 spiro atoms. The predicted octanol–water partition coefficient (Wildman–Crippen LogP) is 5.06. The van der Waals surface area contributed by atoms with Gasteiger partial charge in [-0.3, -0.25) is 0 Å². The van der Waals surface area contributed by atoms with Gasteiger partial charge in [-0.05, 0) is 36.2 Å². The van der Waals surface area contributed by atoms with E-state index in [1.165, 1.54) is 11.3 Å².